The summed E-state index contributed by atoms with van der Waals surface area (Å²) in [6.07, 6.45) is 7.32. The van der Waals surface area contributed by atoms with E-state index in [2.05, 4.69) is 4.90 Å². The molecule has 2 fully saturated rings. The molecule has 0 radical (unpaired) electrons. The summed E-state index contributed by atoms with van der Waals surface area (Å²) in [4.78, 5) is 13.3. The molecule has 1 aromatic rings. The van der Waals surface area contributed by atoms with Gasteiger partial charge in [-0.15, -0.1) is 0 Å². The van der Waals surface area contributed by atoms with E-state index in [0.717, 1.165) is 56.3 Å². The summed E-state index contributed by atoms with van der Waals surface area (Å²) in [5.74, 6) is -0.661. The quantitative estimate of drug-likeness (QED) is 0.780. The number of carboxylic acid groups (broad SMARTS) is 1. The molecule has 1 saturated heterocycles. The molecule has 2 atom stereocenters. The molecule has 1 aromatic carbocycles. The number of halogens is 2. The monoisotopic (exact) mass is 383 g/mol. The Morgan fingerprint density at radius 3 is 2.64 bits per heavy atom. The number of benzene rings is 1. The van der Waals surface area contributed by atoms with Crippen molar-refractivity contribution in [3.63, 3.8) is 0 Å². The second kappa shape index (κ2) is 8.54. The van der Waals surface area contributed by atoms with Crippen molar-refractivity contribution in [3.05, 3.63) is 39.4 Å². The molecule has 0 amide bonds. The molecule has 0 aromatic heterocycles. The molecule has 2 unspecified atom stereocenters. The van der Waals surface area contributed by atoms with E-state index in [1.54, 1.807) is 12.1 Å². The van der Waals surface area contributed by atoms with Gasteiger partial charge in [-0.3, -0.25) is 4.90 Å². The van der Waals surface area contributed by atoms with E-state index >= 15 is 0 Å². The van der Waals surface area contributed by atoms with Crippen molar-refractivity contribution in [2.45, 2.75) is 37.6 Å². The lowest BCUT2D eigenvalue weighted by molar-refractivity contribution is -0.131. The van der Waals surface area contributed by atoms with E-state index in [-0.39, 0.29) is 0 Å². The summed E-state index contributed by atoms with van der Waals surface area (Å²) in [5.41, 5.74) is 1.81. The van der Waals surface area contributed by atoms with Crippen LogP contribution in [0.4, 0.5) is 0 Å². The van der Waals surface area contributed by atoms with Crippen LogP contribution in [0, 0.1) is 0 Å². The van der Waals surface area contributed by atoms with E-state index in [1.165, 1.54) is 12.8 Å². The van der Waals surface area contributed by atoms with Gasteiger partial charge in [0, 0.05) is 31.1 Å². The first kappa shape index (κ1) is 18.7. The minimum Gasteiger partial charge on any atom is -0.478 e. The SMILES string of the molecule is O=C(O)/C=C/c1cc(Cl)c(Cl)c(C2CCCCC2N2CCOCC2)c1. The van der Waals surface area contributed by atoms with Crippen LogP contribution in [0.1, 0.15) is 42.7 Å². The van der Waals surface area contributed by atoms with E-state index in [4.69, 9.17) is 33.0 Å². The molecule has 3 rings (SSSR count). The maximum atomic E-state index is 10.8. The molecule has 136 valence electrons. The van der Waals surface area contributed by atoms with Crippen LogP contribution < -0.4 is 0 Å². The van der Waals surface area contributed by atoms with Gasteiger partial charge in [-0.25, -0.2) is 4.79 Å². The second-order valence-electron chi connectivity index (χ2n) is 6.68. The first-order valence-corrected chi connectivity index (χ1v) is 9.53. The average molecular weight is 384 g/mol. The Morgan fingerprint density at radius 1 is 1.20 bits per heavy atom. The van der Waals surface area contributed by atoms with Crippen LogP contribution in [-0.2, 0) is 9.53 Å². The molecule has 0 bridgehead atoms. The third kappa shape index (κ3) is 4.56. The van der Waals surface area contributed by atoms with Gasteiger partial charge in [0.2, 0.25) is 0 Å². The fraction of sp³-hybridized carbons (Fsp3) is 0.526. The summed E-state index contributed by atoms with van der Waals surface area (Å²) in [7, 11) is 0. The smallest absolute Gasteiger partial charge is 0.328 e. The number of rotatable bonds is 4. The zero-order valence-electron chi connectivity index (χ0n) is 14.1. The Balaban J connectivity index is 1.92. The van der Waals surface area contributed by atoms with Gasteiger partial charge >= 0.3 is 5.97 Å². The van der Waals surface area contributed by atoms with Gasteiger partial charge in [0.05, 0.1) is 23.3 Å². The Morgan fingerprint density at radius 2 is 1.92 bits per heavy atom. The van der Waals surface area contributed by atoms with Crippen molar-refractivity contribution >= 4 is 35.2 Å². The summed E-state index contributed by atoms with van der Waals surface area (Å²) >= 11 is 12.9. The van der Waals surface area contributed by atoms with Crippen molar-refractivity contribution in [2.24, 2.45) is 0 Å². The average Bonchev–Trinajstić information content (AvgIpc) is 2.63. The zero-order valence-corrected chi connectivity index (χ0v) is 15.6. The highest BCUT2D eigenvalue weighted by Gasteiger charge is 2.33. The maximum Gasteiger partial charge on any atom is 0.328 e. The lowest BCUT2D eigenvalue weighted by Gasteiger charge is -2.42. The number of hydrogen-bond acceptors (Lipinski definition) is 3. The van der Waals surface area contributed by atoms with E-state index in [0.29, 0.717) is 22.0 Å². The van der Waals surface area contributed by atoms with Crippen LogP contribution in [0.5, 0.6) is 0 Å². The fourth-order valence-corrected chi connectivity index (χ4v) is 4.47. The molecular weight excluding hydrogens is 361 g/mol. The number of nitrogens with zero attached hydrogens (tertiary/aromatic N) is 1. The molecule has 4 nitrogen and oxygen atoms in total. The topological polar surface area (TPSA) is 49.8 Å². The lowest BCUT2D eigenvalue weighted by atomic mass is 9.78. The molecule has 6 heteroatoms. The van der Waals surface area contributed by atoms with Gasteiger partial charge in [0.25, 0.3) is 0 Å². The molecule has 2 aliphatic rings. The molecule has 25 heavy (non-hydrogen) atoms. The molecule has 1 N–H and O–H groups in total. The first-order valence-electron chi connectivity index (χ1n) is 8.78. The number of morpholine rings is 1. The van der Waals surface area contributed by atoms with Gasteiger partial charge in [-0.1, -0.05) is 36.0 Å². The minimum atomic E-state index is -0.975. The first-order chi connectivity index (χ1) is 12.1. The normalized spacial score (nSPS) is 25.4. The third-order valence-electron chi connectivity index (χ3n) is 5.14. The Hall–Kier alpha value is -1.07. The van der Waals surface area contributed by atoms with Crippen LogP contribution in [0.2, 0.25) is 10.0 Å². The van der Waals surface area contributed by atoms with E-state index in [1.807, 2.05) is 6.07 Å². The highest BCUT2D eigenvalue weighted by Crippen LogP contribution is 2.42. The van der Waals surface area contributed by atoms with Gasteiger partial charge in [0.1, 0.15) is 0 Å². The lowest BCUT2D eigenvalue weighted by Crippen LogP contribution is -2.47. The standard InChI is InChI=1S/C19H23Cl2NO3/c20-16-12-13(5-6-18(23)24)11-15(19(16)21)14-3-1-2-4-17(14)22-7-9-25-10-8-22/h5-6,11-12,14,17H,1-4,7-10H2,(H,23,24)/b6-5+. The number of aliphatic carboxylic acids is 1. The molecule has 1 aliphatic heterocycles. The third-order valence-corrected chi connectivity index (χ3v) is 5.96. The van der Waals surface area contributed by atoms with E-state index < -0.39 is 5.97 Å². The number of ether oxygens (including phenoxy) is 1. The predicted molar refractivity (Wildman–Crippen MR) is 101 cm³/mol. The zero-order chi connectivity index (χ0) is 17.8. The van der Waals surface area contributed by atoms with Crippen molar-refractivity contribution in [1.82, 2.24) is 4.90 Å². The largest absolute Gasteiger partial charge is 0.478 e. The predicted octanol–water partition coefficient (Wildman–Crippen LogP) is 4.45. The second-order valence-corrected chi connectivity index (χ2v) is 7.47. The van der Waals surface area contributed by atoms with Gasteiger partial charge in [-0.2, -0.15) is 0 Å². The van der Waals surface area contributed by atoms with Crippen molar-refractivity contribution < 1.29 is 14.6 Å². The molecule has 1 heterocycles. The van der Waals surface area contributed by atoms with Crippen LogP contribution in [0.25, 0.3) is 6.08 Å². The number of hydrogen-bond donors (Lipinski definition) is 1. The summed E-state index contributed by atoms with van der Waals surface area (Å²) in [6.45, 7) is 3.45. The highest BCUT2D eigenvalue weighted by atomic mass is 35.5. The Kier molecular flexibility index (Phi) is 6.39. The summed E-state index contributed by atoms with van der Waals surface area (Å²) in [5, 5.41) is 9.94. The van der Waals surface area contributed by atoms with Gasteiger partial charge in [0.15, 0.2) is 0 Å². The van der Waals surface area contributed by atoms with Crippen molar-refractivity contribution in [1.29, 1.82) is 0 Å². The van der Waals surface area contributed by atoms with Crippen molar-refractivity contribution in [3.8, 4) is 0 Å². The molecule has 0 spiro atoms. The maximum absolute atomic E-state index is 10.8. The summed E-state index contributed by atoms with van der Waals surface area (Å²) in [6, 6.07) is 4.15. The van der Waals surface area contributed by atoms with E-state index in [9.17, 15) is 4.79 Å². The molecular formula is C19H23Cl2NO3. The number of carbonyl (C=O) groups is 1. The van der Waals surface area contributed by atoms with Crippen LogP contribution in [0.3, 0.4) is 0 Å². The highest BCUT2D eigenvalue weighted by molar-refractivity contribution is 6.42. The Labute approximate surface area is 158 Å². The summed E-state index contributed by atoms with van der Waals surface area (Å²) < 4.78 is 5.49. The number of carboxylic acids is 1. The van der Waals surface area contributed by atoms with Crippen molar-refractivity contribution in [2.75, 3.05) is 26.3 Å². The van der Waals surface area contributed by atoms with Crippen LogP contribution in [0.15, 0.2) is 18.2 Å². The van der Waals surface area contributed by atoms with Crippen LogP contribution >= 0.6 is 23.2 Å². The Bertz CT molecular complexity index is 656. The molecule has 1 aliphatic carbocycles. The van der Waals surface area contributed by atoms with Crippen LogP contribution in [-0.4, -0.2) is 48.3 Å². The van der Waals surface area contributed by atoms with Gasteiger partial charge in [-0.05, 0) is 42.2 Å². The molecule has 1 saturated carbocycles. The van der Waals surface area contributed by atoms with Gasteiger partial charge < -0.3 is 9.84 Å². The minimum absolute atomic E-state index is 0.315. The fourth-order valence-electron chi connectivity index (χ4n) is 3.99.